The Labute approximate surface area is 166 Å². The number of carbonyl (C=O) groups is 1. The van der Waals surface area contributed by atoms with Crippen LogP contribution in [0.2, 0.25) is 0 Å². The fraction of sp³-hybridized carbons (Fsp3) is 0.316. The molecule has 0 saturated heterocycles. The van der Waals surface area contributed by atoms with E-state index < -0.39 is 29.5 Å². The molecule has 0 saturated carbocycles. The van der Waals surface area contributed by atoms with Gasteiger partial charge >= 0.3 is 18.0 Å². The zero-order chi connectivity index (χ0) is 23.1. The van der Waals surface area contributed by atoms with E-state index in [2.05, 4.69) is 5.18 Å². The topological polar surface area (TPSA) is 49.7 Å². The third-order valence-electron chi connectivity index (χ3n) is 4.51. The Morgan fingerprint density at radius 3 is 1.83 bits per heavy atom. The Hall–Kier alpha value is -2.98. The molecule has 4 nitrogen and oxygen atoms in total. The van der Waals surface area contributed by atoms with Crippen LogP contribution in [0.4, 0.5) is 42.1 Å². The van der Waals surface area contributed by atoms with Crippen LogP contribution >= 0.6 is 0 Å². The molecule has 11 heteroatoms. The minimum atomic E-state index is -6.24. The van der Waals surface area contributed by atoms with Crippen molar-refractivity contribution in [3.05, 3.63) is 63.6 Å². The Morgan fingerprint density at radius 1 is 0.900 bits per heavy atom. The largest absolute Gasteiger partial charge is 0.435 e. The van der Waals surface area contributed by atoms with Crippen LogP contribution < -0.4 is 4.90 Å². The average molecular weight is 436 g/mol. The first kappa shape index (κ1) is 23.3. The molecule has 0 aliphatic rings. The van der Waals surface area contributed by atoms with Gasteiger partial charge in [0.1, 0.15) is 5.69 Å². The number of carbonyl (C=O) groups excluding carboxylic acids is 1. The standard InChI is InChI=1S/C19H15F7N2O2/c1-10-7-13(17(20,18(21,22)23)19(24,25)26)8-11(2)15(10)28(3)16(29)12-5-4-6-14(9-12)27-30/h4-9H,1-3H3. The number of aryl methyl sites for hydroxylation is 2. The Kier molecular flexibility index (Phi) is 5.97. The SMILES string of the molecule is Cc1cc(C(F)(C(F)(F)F)C(F)(F)F)cc(C)c1N(C)C(=O)c1cccc(N=O)c1. The predicted octanol–water partition coefficient (Wildman–Crippen LogP) is 6.27. The summed E-state index contributed by atoms with van der Waals surface area (Å²) < 4.78 is 92.6. The molecule has 2 aromatic rings. The van der Waals surface area contributed by atoms with E-state index in [9.17, 15) is 40.4 Å². The summed E-state index contributed by atoms with van der Waals surface area (Å²) in [4.78, 5) is 24.3. The van der Waals surface area contributed by atoms with Gasteiger partial charge in [0.15, 0.2) is 0 Å². The summed E-state index contributed by atoms with van der Waals surface area (Å²) in [5.41, 5.74) is -7.59. The van der Waals surface area contributed by atoms with Crippen LogP contribution in [0.5, 0.6) is 0 Å². The van der Waals surface area contributed by atoms with Crippen LogP contribution in [0.3, 0.4) is 0 Å². The number of alkyl halides is 7. The van der Waals surface area contributed by atoms with Crippen molar-refractivity contribution in [2.24, 2.45) is 5.18 Å². The van der Waals surface area contributed by atoms with E-state index >= 15 is 0 Å². The summed E-state index contributed by atoms with van der Waals surface area (Å²) in [5, 5.41) is 2.69. The second-order valence-corrected chi connectivity index (χ2v) is 6.62. The molecular weight excluding hydrogens is 421 g/mol. The van der Waals surface area contributed by atoms with Crippen molar-refractivity contribution in [3.63, 3.8) is 0 Å². The highest BCUT2D eigenvalue weighted by Crippen LogP contribution is 2.54. The molecule has 0 unspecified atom stereocenters. The van der Waals surface area contributed by atoms with E-state index in [0.29, 0.717) is 12.1 Å². The van der Waals surface area contributed by atoms with Crippen LogP contribution in [0.15, 0.2) is 41.6 Å². The van der Waals surface area contributed by atoms with E-state index in [1.165, 1.54) is 31.3 Å². The van der Waals surface area contributed by atoms with Crippen LogP contribution in [-0.2, 0) is 5.67 Å². The first-order valence-electron chi connectivity index (χ1n) is 8.30. The molecule has 0 atom stereocenters. The first-order chi connectivity index (χ1) is 13.6. The quantitative estimate of drug-likeness (QED) is 0.419. The molecule has 30 heavy (non-hydrogen) atoms. The maximum Gasteiger partial charge on any atom is 0.435 e. The Bertz CT molecular complexity index is 947. The summed E-state index contributed by atoms with van der Waals surface area (Å²) >= 11 is 0. The Morgan fingerprint density at radius 2 is 1.40 bits per heavy atom. The molecule has 162 valence electrons. The number of halogens is 7. The number of rotatable bonds is 4. The van der Waals surface area contributed by atoms with Gasteiger partial charge in [0.25, 0.3) is 5.91 Å². The Balaban J connectivity index is 2.57. The van der Waals surface area contributed by atoms with Crippen molar-refractivity contribution in [2.75, 3.05) is 11.9 Å². The molecule has 0 bridgehead atoms. The molecule has 2 rings (SSSR count). The summed E-state index contributed by atoms with van der Waals surface area (Å²) in [6.07, 6.45) is -12.5. The lowest BCUT2D eigenvalue weighted by atomic mass is 9.90. The summed E-state index contributed by atoms with van der Waals surface area (Å²) in [5.74, 6) is -0.697. The van der Waals surface area contributed by atoms with Gasteiger partial charge in [-0.3, -0.25) is 4.79 Å². The van der Waals surface area contributed by atoms with Gasteiger partial charge in [-0.25, -0.2) is 4.39 Å². The fourth-order valence-corrected chi connectivity index (χ4v) is 3.16. The van der Waals surface area contributed by atoms with Crippen molar-refractivity contribution in [2.45, 2.75) is 31.9 Å². The molecule has 0 radical (unpaired) electrons. The third-order valence-corrected chi connectivity index (χ3v) is 4.51. The maximum atomic E-state index is 14.4. The van der Waals surface area contributed by atoms with Crippen molar-refractivity contribution in [3.8, 4) is 0 Å². The highest BCUT2D eigenvalue weighted by molar-refractivity contribution is 6.07. The van der Waals surface area contributed by atoms with Gasteiger partial charge in [-0.15, -0.1) is 4.91 Å². The number of hydrogen-bond acceptors (Lipinski definition) is 3. The van der Waals surface area contributed by atoms with Crippen LogP contribution in [-0.4, -0.2) is 25.3 Å². The zero-order valence-corrected chi connectivity index (χ0v) is 15.8. The lowest BCUT2D eigenvalue weighted by molar-refractivity contribution is -0.348. The van der Waals surface area contributed by atoms with Gasteiger partial charge in [0, 0.05) is 23.9 Å². The van der Waals surface area contributed by atoms with Gasteiger partial charge in [0.2, 0.25) is 0 Å². The van der Waals surface area contributed by atoms with E-state index in [-0.39, 0.29) is 28.1 Å². The smallest absolute Gasteiger partial charge is 0.311 e. The van der Waals surface area contributed by atoms with E-state index in [1.807, 2.05) is 0 Å². The number of amides is 1. The minimum absolute atomic E-state index is 0.0000794. The van der Waals surface area contributed by atoms with E-state index in [0.717, 1.165) is 18.7 Å². The van der Waals surface area contributed by atoms with Crippen LogP contribution in [0.1, 0.15) is 27.0 Å². The van der Waals surface area contributed by atoms with Gasteiger partial charge in [-0.05, 0) is 48.4 Å². The van der Waals surface area contributed by atoms with Crippen molar-refractivity contribution < 1.29 is 35.5 Å². The van der Waals surface area contributed by atoms with Crippen LogP contribution in [0, 0.1) is 18.8 Å². The molecule has 0 aliphatic heterocycles. The predicted molar refractivity (Wildman–Crippen MR) is 95.4 cm³/mol. The van der Waals surface area contributed by atoms with Crippen molar-refractivity contribution >= 4 is 17.3 Å². The number of hydrogen-bond donors (Lipinski definition) is 0. The van der Waals surface area contributed by atoms with Crippen molar-refractivity contribution in [1.82, 2.24) is 0 Å². The minimum Gasteiger partial charge on any atom is -0.311 e. The monoisotopic (exact) mass is 436 g/mol. The average Bonchev–Trinajstić information content (AvgIpc) is 2.64. The van der Waals surface area contributed by atoms with E-state index in [1.54, 1.807) is 0 Å². The van der Waals surface area contributed by atoms with Gasteiger partial charge in [-0.2, -0.15) is 26.3 Å². The zero-order valence-electron chi connectivity index (χ0n) is 15.8. The number of nitroso groups, excluding NO2 is 1. The molecule has 1 amide bonds. The molecular formula is C19H15F7N2O2. The molecule has 0 N–H and O–H groups in total. The second kappa shape index (κ2) is 7.69. The molecule has 2 aromatic carbocycles. The molecule has 0 fully saturated rings. The normalized spacial score (nSPS) is 12.6. The molecule has 0 aliphatic carbocycles. The summed E-state index contributed by atoms with van der Waals surface area (Å²) in [6.45, 7) is 2.32. The van der Waals surface area contributed by atoms with Crippen molar-refractivity contribution in [1.29, 1.82) is 0 Å². The van der Waals surface area contributed by atoms with E-state index in [4.69, 9.17) is 0 Å². The molecule has 0 aromatic heterocycles. The number of anilines is 1. The van der Waals surface area contributed by atoms with Gasteiger partial charge < -0.3 is 4.90 Å². The summed E-state index contributed by atoms with van der Waals surface area (Å²) in [6, 6.07) is 6.07. The highest BCUT2D eigenvalue weighted by atomic mass is 19.4. The molecule has 0 heterocycles. The maximum absolute atomic E-state index is 14.4. The van der Waals surface area contributed by atoms with Gasteiger partial charge in [-0.1, -0.05) is 18.2 Å². The number of nitrogens with zero attached hydrogens (tertiary/aromatic N) is 2. The number of benzene rings is 2. The van der Waals surface area contributed by atoms with Crippen LogP contribution in [0.25, 0.3) is 0 Å². The molecule has 0 spiro atoms. The summed E-state index contributed by atoms with van der Waals surface area (Å²) in [7, 11) is 1.24. The first-order valence-corrected chi connectivity index (χ1v) is 8.30. The fourth-order valence-electron chi connectivity index (χ4n) is 3.16. The second-order valence-electron chi connectivity index (χ2n) is 6.62. The third kappa shape index (κ3) is 3.88. The highest BCUT2D eigenvalue weighted by Gasteiger charge is 2.73. The van der Waals surface area contributed by atoms with Gasteiger partial charge in [0.05, 0.1) is 0 Å². The lowest BCUT2D eigenvalue weighted by Crippen LogP contribution is -2.50. The lowest BCUT2D eigenvalue weighted by Gasteiger charge is -2.32.